The van der Waals surface area contributed by atoms with E-state index in [0.29, 0.717) is 29.0 Å². The van der Waals surface area contributed by atoms with Crippen molar-refractivity contribution in [2.24, 2.45) is 39.9 Å². The predicted octanol–water partition coefficient (Wildman–Crippen LogP) is 6.13. The Bertz CT molecular complexity index is 722. The summed E-state index contributed by atoms with van der Waals surface area (Å²) in [7, 11) is 0. The van der Waals surface area contributed by atoms with Gasteiger partial charge in [-0.15, -0.1) is 0 Å². The van der Waals surface area contributed by atoms with Crippen molar-refractivity contribution in [3.05, 3.63) is 0 Å². The minimum absolute atomic E-state index is 0.0428. The molecular weight excluding hydrogens is 374 g/mol. The predicted molar refractivity (Wildman–Crippen MR) is 119 cm³/mol. The van der Waals surface area contributed by atoms with Gasteiger partial charge in [0.1, 0.15) is 11.4 Å². The first-order valence-corrected chi connectivity index (χ1v) is 12.3. The molecule has 4 saturated carbocycles. The van der Waals surface area contributed by atoms with E-state index in [2.05, 4.69) is 33.0 Å². The molecule has 7 atom stereocenters. The summed E-state index contributed by atoms with van der Waals surface area (Å²) in [6.07, 6.45) is 8.58. The number of nitrogens with one attached hydrogen (secondary N) is 1. The number of alkyl carbamates (subject to hydrolysis) is 1. The van der Waals surface area contributed by atoms with Crippen LogP contribution in [0.15, 0.2) is 0 Å². The van der Waals surface area contributed by atoms with Crippen molar-refractivity contribution >= 4 is 11.9 Å². The van der Waals surface area contributed by atoms with Crippen LogP contribution in [0.1, 0.15) is 99.8 Å². The molecule has 0 aromatic heterocycles. The van der Waals surface area contributed by atoms with E-state index in [1.807, 2.05) is 20.8 Å². The van der Waals surface area contributed by atoms with Gasteiger partial charge in [0.15, 0.2) is 0 Å². The number of carbonyl (C=O) groups is 2. The summed E-state index contributed by atoms with van der Waals surface area (Å²) < 4.78 is 5.57. The van der Waals surface area contributed by atoms with Gasteiger partial charge in [-0.25, -0.2) is 4.79 Å². The summed E-state index contributed by atoms with van der Waals surface area (Å²) in [4.78, 5) is 25.2. The molecule has 4 nitrogen and oxygen atoms in total. The molecule has 4 heteroatoms. The van der Waals surface area contributed by atoms with Crippen LogP contribution in [0.2, 0.25) is 0 Å². The molecule has 1 amide bonds. The highest BCUT2D eigenvalue weighted by molar-refractivity contribution is 5.87. The van der Waals surface area contributed by atoms with Crippen LogP contribution < -0.4 is 5.32 Å². The summed E-state index contributed by atoms with van der Waals surface area (Å²) in [6, 6.07) is 0.156. The van der Waals surface area contributed by atoms with Crippen LogP contribution in [0, 0.1) is 39.9 Å². The van der Waals surface area contributed by atoms with Gasteiger partial charge in [-0.1, -0.05) is 27.7 Å². The fourth-order valence-corrected chi connectivity index (χ4v) is 8.59. The second-order valence-electron chi connectivity index (χ2n) is 13.0. The van der Waals surface area contributed by atoms with Gasteiger partial charge >= 0.3 is 6.09 Å². The first-order chi connectivity index (χ1) is 13.8. The third kappa shape index (κ3) is 3.32. The normalized spacial score (nSPS) is 45.2. The van der Waals surface area contributed by atoms with E-state index < -0.39 is 5.60 Å². The van der Waals surface area contributed by atoms with E-state index in [1.54, 1.807) is 0 Å². The van der Waals surface area contributed by atoms with Gasteiger partial charge in [0.05, 0.1) is 0 Å². The van der Waals surface area contributed by atoms with Gasteiger partial charge in [-0.05, 0) is 100 Å². The molecule has 4 aliphatic carbocycles. The van der Waals surface area contributed by atoms with Crippen LogP contribution in [0.3, 0.4) is 0 Å². The van der Waals surface area contributed by atoms with E-state index in [-0.39, 0.29) is 23.0 Å². The Labute approximate surface area is 183 Å². The monoisotopic (exact) mass is 417 g/mol. The maximum absolute atomic E-state index is 12.7. The van der Waals surface area contributed by atoms with Gasteiger partial charge < -0.3 is 10.1 Å². The first-order valence-electron chi connectivity index (χ1n) is 12.3. The second-order valence-corrected chi connectivity index (χ2v) is 13.0. The molecule has 0 aromatic rings. The average Bonchev–Trinajstić information content (AvgIpc) is 2.91. The zero-order valence-corrected chi connectivity index (χ0v) is 20.3. The molecule has 4 rings (SSSR count). The highest BCUT2D eigenvalue weighted by Crippen LogP contribution is 2.68. The van der Waals surface area contributed by atoms with Gasteiger partial charge in [0.2, 0.25) is 0 Å². The van der Waals surface area contributed by atoms with Crippen LogP contribution in [0.5, 0.6) is 0 Å². The lowest BCUT2D eigenvalue weighted by Crippen LogP contribution is -2.62. The lowest BCUT2D eigenvalue weighted by molar-refractivity contribution is -0.156. The summed E-state index contributed by atoms with van der Waals surface area (Å²) in [5.41, 5.74) is -0.162. The Balaban J connectivity index is 1.53. The van der Waals surface area contributed by atoms with Crippen LogP contribution in [0.25, 0.3) is 0 Å². The molecule has 0 radical (unpaired) electrons. The van der Waals surface area contributed by atoms with Crippen LogP contribution >= 0.6 is 0 Å². The molecule has 0 aromatic carbocycles. The molecule has 0 bridgehead atoms. The zero-order chi connectivity index (χ0) is 22.1. The van der Waals surface area contributed by atoms with Crippen LogP contribution in [0.4, 0.5) is 4.79 Å². The van der Waals surface area contributed by atoms with E-state index in [4.69, 9.17) is 4.74 Å². The standard InChI is InChI=1S/C26H43NO3/c1-23(2,3)30-22(29)27-20-13-15-25(6)18-12-14-26(7)17(9-11-21(26)28)16(18)8-10-19(25)24(20,4)5/h16-20H,8-15H2,1-7H3,(H,27,29)/t16-,17-,18-,19-,20-,25+,26-/m0/s1. The molecule has 0 aliphatic heterocycles. The van der Waals surface area contributed by atoms with Crippen molar-refractivity contribution in [2.75, 3.05) is 0 Å². The lowest BCUT2D eigenvalue weighted by Gasteiger charge is -2.64. The van der Waals surface area contributed by atoms with Crippen molar-refractivity contribution in [1.29, 1.82) is 0 Å². The van der Waals surface area contributed by atoms with Gasteiger partial charge in [-0.3, -0.25) is 4.79 Å². The number of amides is 1. The first kappa shape index (κ1) is 22.1. The molecule has 170 valence electrons. The molecule has 0 spiro atoms. The van der Waals surface area contributed by atoms with Gasteiger partial charge in [0.25, 0.3) is 0 Å². The quantitative estimate of drug-likeness (QED) is 0.558. The fourth-order valence-electron chi connectivity index (χ4n) is 8.59. The SMILES string of the molecule is CC(C)(C)OC(=O)N[C@H]1CC[C@]2(C)[C@H]3CC[C@]4(C)C(=O)CC[C@H]4[C@@H]3CC[C@H]2C1(C)C. The van der Waals surface area contributed by atoms with E-state index in [1.165, 1.54) is 25.7 Å². The van der Waals surface area contributed by atoms with Crippen molar-refractivity contribution < 1.29 is 14.3 Å². The number of ketones is 1. The maximum Gasteiger partial charge on any atom is 0.407 e. The number of ether oxygens (including phenoxy) is 1. The number of hydrogen-bond donors (Lipinski definition) is 1. The van der Waals surface area contributed by atoms with E-state index >= 15 is 0 Å². The summed E-state index contributed by atoms with van der Waals surface area (Å²) in [5, 5.41) is 3.23. The Morgan fingerprint density at radius 3 is 2.33 bits per heavy atom. The Morgan fingerprint density at radius 1 is 0.967 bits per heavy atom. The fraction of sp³-hybridized carbons (Fsp3) is 0.923. The van der Waals surface area contributed by atoms with Crippen molar-refractivity contribution in [2.45, 2.75) is 111 Å². The molecule has 0 heterocycles. The van der Waals surface area contributed by atoms with Gasteiger partial charge in [-0.2, -0.15) is 0 Å². The number of rotatable bonds is 1. The van der Waals surface area contributed by atoms with Gasteiger partial charge in [0, 0.05) is 17.9 Å². The minimum atomic E-state index is -0.469. The molecular formula is C26H43NO3. The molecule has 4 aliphatic rings. The Morgan fingerprint density at radius 2 is 1.67 bits per heavy atom. The van der Waals surface area contributed by atoms with Crippen LogP contribution in [-0.2, 0) is 9.53 Å². The molecule has 1 N–H and O–H groups in total. The molecule has 0 saturated heterocycles. The minimum Gasteiger partial charge on any atom is -0.444 e. The summed E-state index contributed by atoms with van der Waals surface area (Å²) in [6.45, 7) is 15.3. The van der Waals surface area contributed by atoms with Crippen molar-refractivity contribution in [3.63, 3.8) is 0 Å². The lowest BCUT2D eigenvalue weighted by atomic mass is 9.41. The average molecular weight is 418 g/mol. The Kier molecular flexibility index (Phi) is 5.14. The summed E-state index contributed by atoms with van der Waals surface area (Å²) in [5.74, 6) is 3.16. The largest absolute Gasteiger partial charge is 0.444 e. The summed E-state index contributed by atoms with van der Waals surface area (Å²) >= 11 is 0. The molecule has 30 heavy (non-hydrogen) atoms. The zero-order valence-electron chi connectivity index (χ0n) is 20.3. The number of carbonyl (C=O) groups excluding carboxylic acids is 2. The third-order valence-electron chi connectivity index (χ3n) is 10.0. The van der Waals surface area contributed by atoms with Crippen molar-refractivity contribution in [1.82, 2.24) is 5.32 Å². The van der Waals surface area contributed by atoms with E-state index in [0.717, 1.165) is 31.6 Å². The molecule has 4 fully saturated rings. The van der Waals surface area contributed by atoms with Crippen LogP contribution in [-0.4, -0.2) is 23.5 Å². The molecule has 0 unspecified atom stereocenters. The topological polar surface area (TPSA) is 55.4 Å². The number of hydrogen-bond acceptors (Lipinski definition) is 3. The Hall–Kier alpha value is -1.06. The van der Waals surface area contributed by atoms with Crippen molar-refractivity contribution in [3.8, 4) is 0 Å². The third-order valence-corrected chi connectivity index (χ3v) is 10.0. The highest BCUT2D eigenvalue weighted by Gasteiger charge is 2.63. The second kappa shape index (κ2) is 6.97. The number of fused-ring (bicyclic) bond motifs is 5. The number of Topliss-reactive ketones (excluding diaryl/α,β-unsaturated/α-hetero) is 1. The maximum atomic E-state index is 12.7. The smallest absolute Gasteiger partial charge is 0.407 e. The van der Waals surface area contributed by atoms with E-state index in [9.17, 15) is 9.59 Å². The highest BCUT2D eigenvalue weighted by atomic mass is 16.6.